The minimum absolute atomic E-state index is 0.274. The maximum atomic E-state index is 13.6. The molecule has 1 aliphatic rings. The standard InChI is InChI=1S/C12H17FN2/c1-9-3-4-11(12(13)14-9)10-5-7-15(2)8-6-10/h3-4,10H,5-8H2,1-2H3. The first kappa shape index (κ1) is 10.6. The van der Waals surface area contributed by atoms with Gasteiger partial charge in [-0.05, 0) is 51.9 Å². The highest BCUT2D eigenvalue weighted by Crippen LogP contribution is 2.28. The summed E-state index contributed by atoms with van der Waals surface area (Å²) in [6, 6.07) is 3.80. The van der Waals surface area contributed by atoms with E-state index >= 15 is 0 Å². The lowest BCUT2D eigenvalue weighted by Crippen LogP contribution is -2.29. The average Bonchev–Trinajstić information content (AvgIpc) is 2.20. The van der Waals surface area contributed by atoms with E-state index in [0.717, 1.165) is 37.2 Å². The van der Waals surface area contributed by atoms with Gasteiger partial charge >= 0.3 is 0 Å². The first-order chi connectivity index (χ1) is 7.16. The van der Waals surface area contributed by atoms with E-state index < -0.39 is 0 Å². The minimum Gasteiger partial charge on any atom is -0.306 e. The fourth-order valence-electron chi connectivity index (χ4n) is 2.16. The van der Waals surface area contributed by atoms with Gasteiger partial charge in [-0.15, -0.1) is 0 Å². The molecule has 15 heavy (non-hydrogen) atoms. The molecule has 1 aliphatic heterocycles. The Morgan fingerprint density at radius 2 is 2.00 bits per heavy atom. The van der Waals surface area contributed by atoms with E-state index in [9.17, 15) is 4.39 Å². The monoisotopic (exact) mass is 208 g/mol. The maximum Gasteiger partial charge on any atom is 0.216 e. The van der Waals surface area contributed by atoms with E-state index in [4.69, 9.17) is 0 Å². The number of nitrogens with zero attached hydrogens (tertiary/aromatic N) is 2. The van der Waals surface area contributed by atoms with Crippen molar-refractivity contribution in [3.05, 3.63) is 29.3 Å². The molecule has 0 aliphatic carbocycles. The van der Waals surface area contributed by atoms with Crippen LogP contribution >= 0.6 is 0 Å². The van der Waals surface area contributed by atoms with Crippen molar-refractivity contribution in [3.63, 3.8) is 0 Å². The third kappa shape index (κ3) is 2.34. The van der Waals surface area contributed by atoms with Crippen LogP contribution in [0, 0.1) is 12.9 Å². The molecule has 0 amide bonds. The number of likely N-dealkylation sites (tertiary alicyclic amines) is 1. The molecule has 0 bridgehead atoms. The molecule has 0 aromatic carbocycles. The molecule has 2 heterocycles. The highest BCUT2D eigenvalue weighted by atomic mass is 19.1. The van der Waals surface area contributed by atoms with Crippen LogP contribution < -0.4 is 0 Å². The fraction of sp³-hybridized carbons (Fsp3) is 0.583. The van der Waals surface area contributed by atoms with Crippen molar-refractivity contribution >= 4 is 0 Å². The van der Waals surface area contributed by atoms with Crippen molar-refractivity contribution < 1.29 is 4.39 Å². The number of rotatable bonds is 1. The molecule has 3 heteroatoms. The molecular weight excluding hydrogens is 191 g/mol. The second kappa shape index (κ2) is 4.27. The molecule has 82 valence electrons. The molecule has 1 fully saturated rings. The first-order valence-electron chi connectivity index (χ1n) is 5.48. The lowest BCUT2D eigenvalue weighted by molar-refractivity contribution is 0.252. The van der Waals surface area contributed by atoms with Gasteiger partial charge in [-0.2, -0.15) is 4.39 Å². The summed E-state index contributed by atoms with van der Waals surface area (Å²) in [5.41, 5.74) is 1.55. The molecule has 0 spiro atoms. The summed E-state index contributed by atoms with van der Waals surface area (Å²) >= 11 is 0. The Bertz CT molecular complexity index is 343. The molecule has 0 radical (unpaired) electrons. The Labute approximate surface area is 90.1 Å². The summed E-state index contributed by atoms with van der Waals surface area (Å²) in [6.07, 6.45) is 2.08. The molecule has 0 saturated carbocycles. The Balaban J connectivity index is 2.15. The van der Waals surface area contributed by atoms with Crippen LogP contribution in [-0.4, -0.2) is 30.0 Å². The van der Waals surface area contributed by atoms with Crippen LogP contribution in [0.25, 0.3) is 0 Å². The number of hydrogen-bond donors (Lipinski definition) is 0. The van der Waals surface area contributed by atoms with Crippen LogP contribution in [-0.2, 0) is 0 Å². The molecule has 1 saturated heterocycles. The van der Waals surface area contributed by atoms with Gasteiger partial charge in [-0.1, -0.05) is 6.07 Å². The van der Waals surface area contributed by atoms with Gasteiger partial charge in [-0.25, -0.2) is 4.98 Å². The number of aromatic nitrogens is 1. The summed E-state index contributed by atoms with van der Waals surface area (Å²) in [5, 5.41) is 0. The first-order valence-corrected chi connectivity index (χ1v) is 5.48. The van der Waals surface area contributed by atoms with E-state index in [1.54, 1.807) is 0 Å². The summed E-state index contributed by atoms with van der Waals surface area (Å²) in [5.74, 6) is 0.0823. The van der Waals surface area contributed by atoms with E-state index in [2.05, 4.69) is 16.9 Å². The second-order valence-electron chi connectivity index (χ2n) is 4.41. The Morgan fingerprint density at radius 1 is 1.33 bits per heavy atom. The quantitative estimate of drug-likeness (QED) is 0.658. The normalized spacial score (nSPS) is 19.4. The molecule has 1 aromatic rings. The van der Waals surface area contributed by atoms with Gasteiger partial charge in [0.25, 0.3) is 0 Å². The zero-order valence-corrected chi connectivity index (χ0v) is 9.33. The lowest BCUT2D eigenvalue weighted by Gasteiger charge is -2.29. The zero-order chi connectivity index (χ0) is 10.8. The lowest BCUT2D eigenvalue weighted by atomic mass is 9.90. The molecule has 1 aromatic heterocycles. The van der Waals surface area contributed by atoms with E-state index in [1.807, 2.05) is 19.1 Å². The van der Waals surface area contributed by atoms with Crippen LogP contribution in [0.15, 0.2) is 12.1 Å². The van der Waals surface area contributed by atoms with Crippen molar-refractivity contribution in [3.8, 4) is 0 Å². The summed E-state index contributed by atoms with van der Waals surface area (Å²) in [6.45, 7) is 3.93. The zero-order valence-electron chi connectivity index (χ0n) is 9.33. The van der Waals surface area contributed by atoms with Crippen LogP contribution in [0.2, 0.25) is 0 Å². The number of pyridine rings is 1. The van der Waals surface area contributed by atoms with Gasteiger partial charge in [-0.3, -0.25) is 0 Å². The average molecular weight is 208 g/mol. The molecule has 0 N–H and O–H groups in total. The number of halogens is 1. The highest BCUT2D eigenvalue weighted by Gasteiger charge is 2.21. The topological polar surface area (TPSA) is 16.1 Å². The molecular formula is C12H17FN2. The Morgan fingerprint density at radius 3 is 2.60 bits per heavy atom. The van der Waals surface area contributed by atoms with Crippen molar-refractivity contribution in [2.45, 2.75) is 25.7 Å². The van der Waals surface area contributed by atoms with Crippen molar-refractivity contribution in [2.24, 2.45) is 0 Å². The summed E-state index contributed by atoms with van der Waals surface area (Å²) in [4.78, 5) is 6.18. The predicted molar refractivity (Wildman–Crippen MR) is 58.4 cm³/mol. The summed E-state index contributed by atoms with van der Waals surface area (Å²) in [7, 11) is 2.11. The van der Waals surface area contributed by atoms with Gasteiger partial charge in [0.05, 0.1) is 0 Å². The maximum absolute atomic E-state index is 13.6. The number of aryl methyl sites for hydroxylation is 1. The molecule has 2 nitrogen and oxygen atoms in total. The SMILES string of the molecule is Cc1ccc(C2CCN(C)CC2)c(F)n1. The van der Waals surface area contributed by atoms with E-state index in [-0.39, 0.29) is 5.95 Å². The summed E-state index contributed by atoms with van der Waals surface area (Å²) < 4.78 is 13.6. The van der Waals surface area contributed by atoms with Crippen molar-refractivity contribution in [1.29, 1.82) is 0 Å². The van der Waals surface area contributed by atoms with Gasteiger partial charge in [0, 0.05) is 11.3 Å². The van der Waals surface area contributed by atoms with Gasteiger partial charge in [0.15, 0.2) is 0 Å². The fourth-order valence-corrected chi connectivity index (χ4v) is 2.16. The Hall–Kier alpha value is -0.960. The number of piperidine rings is 1. The molecule has 0 unspecified atom stereocenters. The van der Waals surface area contributed by atoms with Gasteiger partial charge in [0.2, 0.25) is 5.95 Å². The molecule has 2 rings (SSSR count). The third-order valence-electron chi connectivity index (χ3n) is 3.18. The molecule has 0 atom stereocenters. The largest absolute Gasteiger partial charge is 0.306 e. The number of hydrogen-bond acceptors (Lipinski definition) is 2. The third-order valence-corrected chi connectivity index (χ3v) is 3.18. The van der Waals surface area contributed by atoms with Crippen LogP contribution in [0.5, 0.6) is 0 Å². The van der Waals surface area contributed by atoms with Gasteiger partial charge < -0.3 is 4.90 Å². The Kier molecular flexibility index (Phi) is 3.00. The highest BCUT2D eigenvalue weighted by molar-refractivity contribution is 5.20. The van der Waals surface area contributed by atoms with Crippen molar-refractivity contribution in [2.75, 3.05) is 20.1 Å². The van der Waals surface area contributed by atoms with Crippen LogP contribution in [0.3, 0.4) is 0 Å². The van der Waals surface area contributed by atoms with Crippen LogP contribution in [0.4, 0.5) is 4.39 Å². The minimum atomic E-state index is -0.274. The predicted octanol–water partition coefficient (Wildman–Crippen LogP) is 2.34. The van der Waals surface area contributed by atoms with E-state index in [0.29, 0.717) is 5.92 Å². The van der Waals surface area contributed by atoms with Crippen LogP contribution in [0.1, 0.15) is 30.0 Å². The smallest absolute Gasteiger partial charge is 0.216 e. The van der Waals surface area contributed by atoms with Gasteiger partial charge in [0.1, 0.15) is 0 Å². The van der Waals surface area contributed by atoms with Crippen molar-refractivity contribution in [1.82, 2.24) is 9.88 Å². The second-order valence-corrected chi connectivity index (χ2v) is 4.41. The van der Waals surface area contributed by atoms with E-state index in [1.165, 1.54) is 0 Å².